The molecule has 1 aromatic rings. The number of nitrogens with zero attached hydrogens (tertiary/aromatic N) is 1. The predicted molar refractivity (Wildman–Crippen MR) is 50.5 cm³/mol. The van der Waals surface area contributed by atoms with E-state index in [4.69, 9.17) is 11.6 Å². The van der Waals surface area contributed by atoms with Crippen molar-refractivity contribution in [2.45, 2.75) is 26.3 Å². The zero-order valence-electron chi connectivity index (χ0n) is 6.81. The van der Waals surface area contributed by atoms with Gasteiger partial charge in [0.25, 0.3) is 0 Å². The summed E-state index contributed by atoms with van der Waals surface area (Å²) >= 11 is 7.17. The number of anilines is 1. The highest BCUT2D eigenvalue weighted by molar-refractivity contribution is 7.14. The lowest BCUT2D eigenvalue weighted by atomic mass is 10.1. The minimum absolute atomic E-state index is 0.0567. The van der Waals surface area contributed by atoms with Crippen LogP contribution in [0.15, 0.2) is 5.38 Å². The smallest absolute Gasteiger partial charge is 0.184 e. The Kier molecular flexibility index (Phi) is 2.40. The van der Waals surface area contributed by atoms with Gasteiger partial charge in [-0.2, -0.15) is 0 Å². The monoisotopic (exact) mass is 190 g/mol. The van der Waals surface area contributed by atoms with E-state index in [1.165, 1.54) is 11.3 Å². The Morgan fingerprint density at radius 2 is 2.18 bits per heavy atom. The second kappa shape index (κ2) is 2.99. The first-order valence-corrected chi connectivity index (χ1v) is 4.62. The van der Waals surface area contributed by atoms with Gasteiger partial charge in [-0.05, 0) is 20.8 Å². The summed E-state index contributed by atoms with van der Waals surface area (Å²) < 4.78 is 0. The van der Waals surface area contributed by atoms with E-state index in [-0.39, 0.29) is 5.54 Å². The van der Waals surface area contributed by atoms with Crippen LogP contribution in [0.4, 0.5) is 5.13 Å². The summed E-state index contributed by atoms with van der Waals surface area (Å²) in [6, 6.07) is 0. The van der Waals surface area contributed by atoms with Gasteiger partial charge < -0.3 is 5.32 Å². The minimum Gasteiger partial charge on any atom is -0.357 e. The number of aromatic nitrogens is 1. The van der Waals surface area contributed by atoms with Crippen molar-refractivity contribution in [3.05, 3.63) is 10.5 Å². The number of nitrogens with one attached hydrogen (secondary N) is 1. The van der Waals surface area contributed by atoms with Gasteiger partial charge in [-0.1, -0.05) is 11.6 Å². The SMILES string of the molecule is CC(C)(C)Nc1nc(Cl)cs1. The normalized spacial score (nSPS) is 11.6. The topological polar surface area (TPSA) is 24.9 Å². The van der Waals surface area contributed by atoms with Gasteiger partial charge in [0.2, 0.25) is 0 Å². The summed E-state index contributed by atoms with van der Waals surface area (Å²) in [6.45, 7) is 6.26. The van der Waals surface area contributed by atoms with Crippen LogP contribution < -0.4 is 5.32 Å². The fourth-order valence-electron chi connectivity index (χ4n) is 0.632. The van der Waals surface area contributed by atoms with Gasteiger partial charge in [0, 0.05) is 10.9 Å². The van der Waals surface area contributed by atoms with Gasteiger partial charge in [-0.3, -0.25) is 0 Å². The fourth-order valence-corrected chi connectivity index (χ4v) is 1.68. The molecule has 0 atom stereocenters. The molecule has 11 heavy (non-hydrogen) atoms. The second-order valence-corrected chi connectivity index (χ2v) is 4.60. The molecule has 1 heterocycles. The van der Waals surface area contributed by atoms with E-state index in [9.17, 15) is 0 Å². The molecule has 0 fully saturated rings. The molecule has 0 aliphatic carbocycles. The van der Waals surface area contributed by atoms with E-state index in [0.29, 0.717) is 5.15 Å². The molecule has 1 aromatic heterocycles. The highest BCUT2D eigenvalue weighted by atomic mass is 35.5. The van der Waals surface area contributed by atoms with Crippen molar-refractivity contribution >= 4 is 28.1 Å². The van der Waals surface area contributed by atoms with E-state index >= 15 is 0 Å². The van der Waals surface area contributed by atoms with Gasteiger partial charge in [-0.15, -0.1) is 11.3 Å². The van der Waals surface area contributed by atoms with Crippen LogP contribution >= 0.6 is 22.9 Å². The molecule has 0 aliphatic heterocycles. The molecule has 0 aromatic carbocycles. The molecule has 62 valence electrons. The molecule has 0 unspecified atom stereocenters. The molecular formula is C7H11ClN2S. The molecule has 0 saturated heterocycles. The Balaban J connectivity index is 2.65. The molecule has 4 heteroatoms. The van der Waals surface area contributed by atoms with Crippen LogP contribution in [0.2, 0.25) is 5.15 Å². The Morgan fingerprint density at radius 3 is 2.55 bits per heavy atom. The Morgan fingerprint density at radius 1 is 1.55 bits per heavy atom. The number of rotatable bonds is 1. The summed E-state index contributed by atoms with van der Waals surface area (Å²) in [5, 5.41) is 6.47. The van der Waals surface area contributed by atoms with Gasteiger partial charge in [-0.25, -0.2) is 4.98 Å². The average Bonchev–Trinajstić information content (AvgIpc) is 2.10. The van der Waals surface area contributed by atoms with Crippen LogP contribution in [0.5, 0.6) is 0 Å². The lowest BCUT2D eigenvalue weighted by molar-refractivity contribution is 0.633. The van der Waals surface area contributed by atoms with E-state index in [2.05, 4.69) is 31.1 Å². The molecule has 0 aliphatic rings. The second-order valence-electron chi connectivity index (χ2n) is 3.35. The third-order valence-electron chi connectivity index (χ3n) is 0.958. The van der Waals surface area contributed by atoms with Gasteiger partial charge in [0.15, 0.2) is 5.13 Å². The summed E-state index contributed by atoms with van der Waals surface area (Å²) in [4.78, 5) is 4.07. The predicted octanol–water partition coefficient (Wildman–Crippen LogP) is 3.01. The first-order valence-electron chi connectivity index (χ1n) is 3.36. The molecule has 0 bridgehead atoms. The molecular weight excluding hydrogens is 180 g/mol. The van der Waals surface area contributed by atoms with Crippen molar-refractivity contribution in [2.75, 3.05) is 5.32 Å². The Labute approximate surface area is 75.6 Å². The number of hydrogen-bond donors (Lipinski definition) is 1. The maximum absolute atomic E-state index is 5.65. The number of halogens is 1. The summed E-state index contributed by atoms with van der Waals surface area (Å²) in [5.74, 6) is 0. The van der Waals surface area contributed by atoms with Gasteiger partial charge in [0.05, 0.1) is 0 Å². The molecule has 0 saturated carbocycles. The van der Waals surface area contributed by atoms with Crippen molar-refractivity contribution in [3.8, 4) is 0 Å². The summed E-state index contributed by atoms with van der Waals surface area (Å²) in [7, 11) is 0. The molecule has 1 rings (SSSR count). The Hall–Kier alpha value is -0.280. The first kappa shape index (κ1) is 8.81. The molecule has 2 nitrogen and oxygen atoms in total. The zero-order valence-corrected chi connectivity index (χ0v) is 8.38. The van der Waals surface area contributed by atoms with Crippen LogP contribution in [-0.2, 0) is 0 Å². The zero-order chi connectivity index (χ0) is 8.48. The van der Waals surface area contributed by atoms with Crippen LogP contribution in [0, 0.1) is 0 Å². The van der Waals surface area contributed by atoms with E-state index in [0.717, 1.165) is 5.13 Å². The lowest BCUT2D eigenvalue weighted by Gasteiger charge is -2.19. The van der Waals surface area contributed by atoms with E-state index in [1.54, 1.807) is 0 Å². The number of thiazole rings is 1. The Bertz CT molecular complexity index is 239. The van der Waals surface area contributed by atoms with Crippen molar-refractivity contribution in [1.82, 2.24) is 4.98 Å². The third kappa shape index (κ3) is 3.08. The maximum atomic E-state index is 5.65. The van der Waals surface area contributed by atoms with Crippen LogP contribution in [0.25, 0.3) is 0 Å². The molecule has 1 N–H and O–H groups in total. The van der Waals surface area contributed by atoms with Crippen LogP contribution in [-0.4, -0.2) is 10.5 Å². The van der Waals surface area contributed by atoms with Crippen LogP contribution in [0.1, 0.15) is 20.8 Å². The third-order valence-corrected chi connectivity index (χ3v) is 2.04. The van der Waals surface area contributed by atoms with E-state index < -0.39 is 0 Å². The molecule has 0 spiro atoms. The standard InChI is InChI=1S/C7H11ClN2S/c1-7(2,3)10-6-9-5(8)4-11-6/h4H,1-3H3,(H,9,10). The van der Waals surface area contributed by atoms with Crippen molar-refractivity contribution < 1.29 is 0 Å². The summed E-state index contributed by atoms with van der Waals surface area (Å²) in [6.07, 6.45) is 0. The summed E-state index contributed by atoms with van der Waals surface area (Å²) in [5.41, 5.74) is 0.0567. The molecule has 0 amide bonds. The first-order chi connectivity index (χ1) is 4.97. The van der Waals surface area contributed by atoms with Crippen molar-refractivity contribution in [2.24, 2.45) is 0 Å². The quantitative estimate of drug-likeness (QED) is 0.737. The van der Waals surface area contributed by atoms with E-state index in [1.807, 2.05) is 5.38 Å². The average molecular weight is 191 g/mol. The lowest BCUT2D eigenvalue weighted by Crippen LogP contribution is -2.25. The van der Waals surface area contributed by atoms with Gasteiger partial charge in [0.1, 0.15) is 5.15 Å². The van der Waals surface area contributed by atoms with Crippen molar-refractivity contribution in [3.63, 3.8) is 0 Å². The highest BCUT2D eigenvalue weighted by Crippen LogP contribution is 2.21. The van der Waals surface area contributed by atoms with Crippen molar-refractivity contribution in [1.29, 1.82) is 0 Å². The van der Waals surface area contributed by atoms with Gasteiger partial charge >= 0.3 is 0 Å². The largest absolute Gasteiger partial charge is 0.357 e. The maximum Gasteiger partial charge on any atom is 0.184 e. The fraction of sp³-hybridized carbons (Fsp3) is 0.571. The van der Waals surface area contributed by atoms with Crippen LogP contribution in [0.3, 0.4) is 0 Å². The highest BCUT2D eigenvalue weighted by Gasteiger charge is 2.10. The number of hydrogen-bond acceptors (Lipinski definition) is 3. The minimum atomic E-state index is 0.0567. The molecule has 0 radical (unpaired) electrons.